The predicted octanol–water partition coefficient (Wildman–Crippen LogP) is 5.45. The summed E-state index contributed by atoms with van der Waals surface area (Å²) in [5, 5.41) is 0. The Bertz CT molecular complexity index is 756. The van der Waals surface area contributed by atoms with E-state index in [9.17, 15) is 4.79 Å². The highest BCUT2D eigenvalue weighted by molar-refractivity contribution is 5.76. The summed E-state index contributed by atoms with van der Waals surface area (Å²) in [4.78, 5) is 12.4. The molecule has 4 heteroatoms. The molecule has 158 valence electrons. The summed E-state index contributed by atoms with van der Waals surface area (Å²) in [6, 6.07) is 17.6. The minimum atomic E-state index is -0.624. The molecule has 2 aromatic rings. The van der Waals surface area contributed by atoms with Crippen molar-refractivity contribution >= 4 is 5.97 Å². The molecule has 0 spiro atoms. The Morgan fingerprint density at radius 1 is 0.931 bits per heavy atom. The fourth-order valence-electron chi connectivity index (χ4n) is 3.47. The molecule has 0 amide bonds. The van der Waals surface area contributed by atoms with Gasteiger partial charge in [-0.2, -0.15) is 0 Å². The van der Waals surface area contributed by atoms with Crippen LogP contribution in [0.15, 0.2) is 54.6 Å². The van der Waals surface area contributed by atoms with Crippen LogP contribution in [0.3, 0.4) is 0 Å². The number of ether oxygens (including phenoxy) is 2. The highest BCUT2D eigenvalue weighted by Crippen LogP contribution is 2.28. The van der Waals surface area contributed by atoms with Crippen molar-refractivity contribution in [1.82, 2.24) is 0 Å². The SMILES string of the molecule is CCC(CC)[C@@H](Oc1cccc(-c2ccccc2)c1)[C@H](C)OC(=O)[C@@H](N)C(C)C. The van der Waals surface area contributed by atoms with E-state index in [1.165, 1.54) is 0 Å². The van der Waals surface area contributed by atoms with Crippen LogP contribution in [0.2, 0.25) is 0 Å². The Morgan fingerprint density at radius 3 is 2.14 bits per heavy atom. The number of hydrogen-bond donors (Lipinski definition) is 1. The van der Waals surface area contributed by atoms with Crippen LogP contribution in [0.25, 0.3) is 11.1 Å². The van der Waals surface area contributed by atoms with Gasteiger partial charge in [-0.25, -0.2) is 0 Å². The Morgan fingerprint density at radius 2 is 1.55 bits per heavy atom. The summed E-state index contributed by atoms with van der Waals surface area (Å²) in [6.07, 6.45) is 1.26. The standard InChI is InChI=1S/C25H35NO3/c1-6-19(7-2)24(18(5)28-25(27)23(26)17(3)4)29-22-15-11-14-21(16-22)20-12-9-8-10-13-20/h8-19,23-24H,6-7,26H2,1-5H3/t18-,23-,24-/m0/s1. The molecule has 0 bridgehead atoms. The first-order chi connectivity index (χ1) is 13.9. The molecule has 2 rings (SSSR count). The van der Waals surface area contributed by atoms with Gasteiger partial charge in [0.1, 0.15) is 24.0 Å². The highest BCUT2D eigenvalue weighted by Gasteiger charge is 2.31. The first-order valence-electron chi connectivity index (χ1n) is 10.7. The second-order valence-electron chi connectivity index (χ2n) is 7.96. The topological polar surface area (TPSA) is 61.5 Å². The van der Waals surface area contributed by atoms with Gasteiger partial charge in [0, 0.05) is 0 Å². The normalized spacial score (nSPS) is 14.5. The molecule has 0 aromatic heterocycles. The van der Waals surface area contributed by atoms with E-state index < -0.39 is 12.1 Å². The minimum Gasteiger partial charge on any atom is -0.486 e. The number of carbonyl (C=O) groups excluding carboxylic acids is 1. The molecule has 0 radical (unpaired) electrons. The van der Waals surface area contributed by atoms with Crippen molar-refractivity contribution < 1.29 is 14.3 Å². The number of nitrogens with two attached hydrogens (primary N) is 1. The summed E-state index contributed by atoms with van der Waals surface area (Å²) < 4.78 is 12.1. The number of benzene rings is 2. The molecule has 4 nitrogen and oxygen atoms in total. The predicted molar refractivity (Wildman–Crippen MR) is 119 cm³/mol. The van der Waals surface area contributed by atoms with E-state index in [1.807, 2.05) is 57.2 Å². The van der Waals surface area contributed by atoms with Gasteiger partial charge in [-0.1, -0.05) is 70.2 Å². The molecule has 0 aliphatic heterocycles. The lowest BCUT2D eigenvalue weighted by Gasteiger charge is -2.32. The molecule has 0 heterocycles. The molecule has 2 aromatic carbocycles. The lowest BCUT2D eigenvalue weighted by atomic mass is 9.92. The van der Waals surface area contributed by atoms with Gasteiger partial charge >= 0.3 is 5.97 Å². The summed E-state index contributed by atoms with van der Waals surface area (Å²) in [7, 11) is 0. The average Bonchev–Trinajstić information content (AvgIpc) is 2.73. The highest BCUT2D eigenvalue weighted by atomic mass is 16.6. The van der Waals surface area contributed by atoms with E-state index >= 15 is 0 Å². The van der Waals surface area contributed by atoms with Crippen LogP contribution in [0.1, 0.15) is 47.5 Å². The van der Waals surface area contributed by atoms with Crippen molar-refractivity contribution in [3.63, 3.8) is 0 Å². The van der Waals surface area contributed by atoms with E-state index in [4.69, 9.17) is 15.2 Å². The summed E-state index contributed by atoms with van der Waals surface area (Å²) in [6.45, 7) is 10.0. The zero-order chi connectivity index (χ0) is 21.4. The number of esters is 1. The minimum absolute atomic E-state index is 0.0322. The van der Waals surface area contributed by atoms with Crippen molar-refractivity contribution in [2.75, 3.05) is 0 Å². The van der Waals surface area contributed by atoms with Gasteiger partial charge in [-0.05, 0) is 54.9 Å². The van der Waals surface area contributed by atoms with Crippen molar-refractivity contribution in [3.8, 4) is 16.9 Å². The van der Waals surface area contributed by atoms with Gasteiger partial charge in [0.2, 0.25) is 0 Å². The summed E-state index contributed by atoms with van der Waals surface area (Å²) in [5.74, 6) is 0.711. The van der Waals surface area contributed by atoms with Crippen molar-refractivity contribution in [2.45, 2.75) is 65.7 Å². The van der Waals surface area contributed by atoms with Crippen LogP contribution in [0.4, 0.5) is 0 Å². The zero-order valence-corrected chi connectivity index (χ0v) is 18.3. The molecule has 0 aliphatic rings. The van der Waals surface area contributed by atoms with E-state index in [0.717, 1.165) is 29.7 Å². The fourth-order valence-corrected chi connectivity index (χ4v) is 3.47. The van der Waals surface area contributed by atoms with Gasteiger partial charge in [-0.15, -0.1) is 0 Å². The Kier molecular flexibility index (Phi) is 8.71. The second-order valence-corrected chi connectivity index (χ2v) is 7.96. The number of rotatable bonds is 10. The lowest BCUT2D eigenvalue weighted by molar-refractivity contribution is -0.157. The molecule has 0 saturated carbocycles. The van der Waals surface area contributed by atoms with Crippen LogP contribution in [0.5, 0.6) is 5.75 Å². The smallest absolute Gasteiger partial charge is 0.323 e. The van der Waals surface area contributed by atoms with Crippen molar-refractivity contribution in [2.24, 2.45) is 17.6 Å². The van der Waals surface area contributed by atoms with Gasteiger partial charge in [-0.3, -0.25) is 4.79 Å². The third-order valence-electron chi connectivity index (χ3n) is 5.48. The first kappa shape index (κ1) is 23.0. The largest absolute Gasteiger partial charge is 0.486 e. The molecule has 0 fully saturated rings. The third-order valence-corrected chi connectivity index (χ3v) is 5.48. The second kappa shape index (κ2) is 11.0. The molecule has 2 N–H and O–H groups in total. The summed E-state index contributed by atoms with van der Waals surface area (Å²) in [5.41, 5.74) is 8.20. The molecular weight excluding hydrogens is 362 g/mol. The average molecular weight is 398 g/mol. The van der Waals surface area contributed by atoms with Crippen LogP contribution < -0.4 is 10.5 Å². The lowest BCUT2D eigenvalue weighted by Crippen LogP contribution is -2.44. The van der Waals surface area contributed by atoms with Crippen molar-refractivity contribution in [1.29, 1.82) is 0 Å². The van der Waals surface area contributed by atoms with Gasteiger partial charge in [0.05, 0.1) is 0 Å². The van der Waals surface area contributed by atoms with E-state index in [0.29, 0.717) is 0 Å². The van der Waals surface area contributed by atoms with Gasteiger partial charge in [0.25, 0.3) is 0 Å². The quantitative estimate of drug-likeness (QED) is 0.541. The first-order valence-corrected chi connectivity index (χ1v) is 10.7. The molecule has 0 unspecified atom stereocenters. The van der Waals surface area contributed by atoms with Crippen LogP contribution >= 0.6 is 0 Å². The molecule has 29 heavy (non-hydrogen) atoms. The fraction of sp³-hybridized carbons (Fsp3) is 0.480. The van der Waals surface area contributed by atoms with E-state index in [1.54, 1.807) is 0 Å². The molecule has 0 saturated heterocycles. The Balaban J connectivity index is 2.22. The Labute approximate surface area is 175 Å². The summed E-state index contributed by atoms with van der Waals surface area (Å²) >= 11 is 0. The van der Waals surface area contributed by atoms with E-state index in [-0.39, 0.29) is 23.9 Å². The van der Waals surface area contributed by atoms with Crippen LogP contribution in [-0.2, 0) is 9.53 Å². The maximum atomic E-state index is 12.4. The maximum Gasteiger partial charge on any atom is 0.323 e. The Hall–Kier alpha value is -2.33. The van der Waals surface area contributed by atoms with Crippen LogP contribution in [-0.4, -0.2) is 24.2 Å². The van der Waals surface area contributed by atoms with Gasteiger partial charge < -0.3 is 15.2 Å². The van der Waals surface area contributed by atoms with Gasteiger partial charge in [0.15, 0.2) is 0 Å². The molecule has 3 atom stereocenters. The third kappa shape index (κ3) is 6.33. The number of carbonyl (C=O) groups is 1. The number of hydrogen-bond acceptors (Lipinski definition) is 4. The van der Waals surface area contributed by atoms with E-state index in [2.05, 4.69) is 32.0 Å². The monoisotopic (exact) mass is 397 g/mol. The molecular formula is C25H35NO3. The zero-order valence-electron chi connectivity index (χ0n) is 18.3. The van der Waals surface area contributed by atoms with Crippen molar-refractivity contribution in [3.05, 3.63) is 54.6 Å². The van der Waals surface area contributed by atoms with Crippen LogP contribution in [0, 0.1) is 11.8 Å². The molecule has 0 aliphatic carbocycles. The maximum absolute atomic E-state index is 12.4.